The Hall–Kier alpha value is -1.92. The molecule has 0 aromatic heterocycles. The summed E-state index contributed by atoms with van der Waals surface area (Å²) in [5, 5.41) is 5.67. The highest BCUT2D eigenvalue weighted by molar-refractivity contribution is 5.97. The van der Waals surface area contributed by atoms with E-state index in [2.05, 4.69) is 10.6 Å². The van der Waals surface area contributed by atoms with Crippen molar-refractivity contribution in [1.82, 2.24) is 0 Å². The number of ether oxygens (including phenoxy) is 1. The van der Waals surface area contributed by atoms with Gasteiger partial charge >= 0.3 is 0 Å². The highest BCUT2D eigenvalue weighted by atomic mass is 16.5. The third kappa shape index (κ3) is 3.64. The molecule has 1 aliphatic rings. The Morgan fingerprint density at radius 3 is 2.55 bits per heavy atom. The lowest BCUT2D eigenvalue weighted by molar-refractivity contribution is -0.130. The van der Waals surface area contributed by atoms with Crippen LogP contribution in [0.3, 0.4) is 0 Å². The Morgan fingerprint density at radius 2 is 1.95 bits per heavy atom. The van der Waals surface area contributed by atoms with Gasteiger partial charge in [0.05, 0.1) is 5.41 Å². The first-order valence-corrected chi connectivity index (χ1v) is 7.44. The van der Waals surface area contributed by atoms with Gasteiger partial charge in [-0.25, -0.2) is 0 Å². The molecule has 2 rings (SSSR count). The fraction of sp³-hybridized carbons (Fsp3) is 0.500. The van der Waals surface area contributed by atoms with Gasteiger partial charge in [0.25, 0.3) is 0 Å². The maximum Gasteiger partial charge on any atom is 0.232 e. The molecular formula is C16H23N3O3. The van der Waals surface area contributed by atoms with Crippen molar-refractivity contribution < 1.29 is 14.3 Å². The van der Waals surface area contributed by atoms with Gasteiger partial charge in [0.1, 0.15) is 0 Å². The van der Waals surface area contributed by atoms with Crippen LogP contribution in [-0.4, -0.2) is 31.6 Å². The molecular weight excluding hydrogens is 282 g/mol. The second-order valence-electron chi connectivity index (χ2n) is 5.76. The lowest BCUT2D eigenvalue weighted by atomic mass is 9.79. The molecule has 0 radical (unpaired) electrons. The summed E-state index contributed by atoms with van der Waals surface area (Å²) in [6, 6.07) is 5.44. The van der Waals surface area contributed by atoms with Gasteiger partial charge in [0.15, 0.2) is 0 Å². The molecule has 0 aliphatic carbocycles. The highest BCUT2D eigenvalue weighted by Crippen LogP contribution is 2.31. The van der Waals surface area contributed by atoms with E-state index in [4.69, 9.17) is 10.5 Å². The van der Waals surface area contributed by atoms with Crippen molar-refractivity contribution in [3.63, 3.8) is 0 Å². The number of nitrogens with two attached hydrogens (primary N) is 1. The van der Waals surface area contributed by atoms with Crippen LogP contribution in [-0.2, 0) is 14.3 Å². The third-order valence-corrected chi connectivity index (χ3v) is 4.13. The fourth-order valence-corrected chi connectivity index (χ4v) is 2.57. The Kier molecular flexibility index (Phi) is 5.15. The number of aryl methyl sites for hydroxylation is 1. The monoisotopic (exact) mass is 305 g/mol. The van der Waals surface area contributed by atoms with Crippen LogP contribution in [0.1, 0.15) is 25.3 Å². The van der Waals surface area contributed by atoms with Crippen LogP contribution >= 0.6 is 0 Å². The summed E-state index contributed by atoms with van der Waals surface area (Å²) in [5.41, 5.74) is 7.55. The molecule has 2 amide bonds. The average Bonchev–Trinajstić information content (AvgIpc) is 2.50. The minimum Gasteiger partial charge on any atom is -0.381 e. The Bertz CT molecular complexity index is 566. The largest absolute Gasteiger partial charge is 0.381 e. The second kappa shape index (κ2) is 6.89. The molecule has 6 heteroatoms. The van der Waals surface area contributed by atoms with E-state index in [0.717, 1.165) is 5.56 Å². The van der Waals surface area contributed by atoms with E-state index >= 15 is 0 Å². The molecule has 1 aromatic rings. The van der Waals surface area contributed by atoms with E-state index in [1.807, 2.05) is 19.1 Å². The number of rotatable bonds is 4. The number of nitrogens with one attached hydrogen (secondary N) is 2. The maximum atomic E-state index is 12.6. The average molecular weight is 305 g/mol. The van der Waals surface area contributed by atoms with E-state index in [9.17, 15) is 9.59 Å². The van der Waals surface area contributed by atoms with Crippen LogP contribution < -0.4 is 16.4 Å². The summed E-state index contributed by atoms with van der Waals surface area (Å²) in [4.78, 5) is 23.8. The third-order valence-electron chi connectivity index (χ3n) is 4.13. The van der Waals surface area contributed by atoms with Crippen molar-refractivity contribution in [2.45, 2.75) is 26.7 Å². The van der Waals surface area contributed by atoms with Crippen molar-refractivity contribution >= 4 is 23.2 Å². The molecule has 0 atom stereocenters. The minimum absolute atomic E-state index is 0.0871. The zero-order chi connectivity index (χ0) is 16.2. The van der Waals surface area contributed by atoms with Crippen molar-refractivity contribution in [1.29, 1.82) is 0 Å². The Morgan fingerprint density at radius 1 is 1.27 bits per heavy atom. The number of carbonyl (C=O) groups excluding carboxylic acids is 2. The van der Waals surface area contributed by atoms with E-state index in [1.54, 1.807) is 6.07 Å². The molecule has 1 heterocycles. The Labute approximate surface area is 130 Å². The number of hydrogen-bond donors (Lipinski definition) is 3. The number of amides is 2. The quantitative estimate of drug-likeness (QED) is 0.788. The normalized spacial score (nSPS) is 16.9. The molecule has 22 heavy (non-hydrogen) atoms. The first-order chi connectivity index (χ1) is 10.5. The predicted octanol–water partition coefficient (Wildman–Crippen LogP) is 1.65. The summed E-state index contributed by atoms with van der Waals surface area (Å²) < 4.78 is 5.32. The lowest BCUT2D eigenvalue weighted by Gasteiger charge is -2.34. The Balaban J connectivity index is 2.15. The van der Waals surface area contributed by atoms with Gasteiger partial charge in [-0.3, -0.25) is 9.59 Å². The summed E-state index contributed by atoms with van der Waals surface area (Å²) in [7, 11) is 0. The van der Waals surface area contributed by atoms with Crippen LogP contribution in [0.25, 0.3) is 0 Å². The molecule has 1 saturated heterocycles. The predicted molar refractivity (Wildman–Crippen MR) is 85.7 cm³/mol. The summed E-state index contributed by atoms with van der Waals surface area (Å²) in [5.74, 6) is -0.231. The number of anilines is 2. The van der Waals surface area contributed by atoms with Crippen LogP contribution in [0, 0.1) is 12.3 Å². The molecule has 120 valence electrons. The van der Waals surface area contributed by atoms with Crippen LogP contribution in [0.4, 0.5) is 11.4 Å². The molecule has 0 spiro atoms. The van der Waals surface area contributed by atoms with E-state index in [0.29, 0.717) is 44.0 Å². The van der Waals surface area contributed by atoms with Crippen LogP contribution in [0.2, 0.25) is 0 Å². The molecule has 6 nitrogen and oxygen atoms in total. The first kappa shape index (κ1) is 16.5. The maximum absolute atomic E-state index is 12.6. The molecule has 1 aliphatic heterocycles. The number of benzene rings is 1. The molecule has 0 unspecified atom stereocenters. The van der Waals surface area contributed by atoms with Gasteiger partial charge in [0.2, 0.25) is 11.8 Å². The van der Waals surface area contributed by atoms with Gasteiger partial charge in [-0.1, -0.05) is 6.07 Å². The van der Waals surface area contributed by atoms with Crippen LogP contribution in [0.15, 0.2) is 18.2 Å². The fourth-order valence-electron chi connectivity index (χ4n) is 2.57. The smallest absolute Gasteiger partial charge is 0.232 e. The first-order valence-electron chi connectivity index (χ1n) is 7.44. The van der Waals surface area contributed by atoms with Crippen LogP contribution in [0.5, 0.6) is 0 Å². The highest BCUT2D eigenvalue weighted by Gasteiger charge is 2.38. The van der Waals surface area contributed by atoms with Gasteiger partial charge in [0, 0.05) is 38.1 Å². The summed E-state index contributed by atoms with van der Waals surface area (Å²) >= 11 is 0. The molecule has 1 fully saturated rings. The number of hydrogen-bond acceptors (Lipinski definition) is 4. The van der Waals surface area contributed by atoms with Gasteiger partial charge in [-0.2, -0.15) is 0 Å². The molecule has 0 saturated carbocycles. The topological polar surface area (TPSA) is 93.5 Å². The van der Waals surface area contributed by atoms with Gasteiger partial charge < -0.3 is 21.1 Å². The van der Waals surface area contributed by atoms with Crippen molar-refractivity contribution in [3.8, 4) is 0 Å². The second-order valence-corrected chi connectivity index (χ2v) is 5.76. The van der Waals surface area contributed by atoms with Gasteiger partial charge in [-0.05, 0) is 37.5 Å². The SMILES string of the molecule is CC(=O)Nc1cc(NC(=O)C2(CN)CCOCC2)ccc1C. The number of carbonyl (C=O) groups is 2. The van der Waals surface area contributed by atoms with Crippen molar-refractivity contribution in [2.24, 2.45) is 11.1 Å². The standard InChI is InChI=1S/C16H23N3O3/c1-11-3-4-13(9-14(11)18-12(2)20)19-15(21)16(10-17)5-7-22-8-6-16/h3-4,9H,5-8,10,17H2,1-2H3,(H,18,20)(H,19,21). The zero-order valence-corrected chi connectivity index (χ0v) is 13.1. The molecule has 0 bridgehead atoms. The summed E-state index contributed by atoms with van der Waals surface area (Å²) in [6.45, 7) is 4.75. The molecule has 4 N–H and O–H groups in total. The van der Waals surface area contributed by atoms with Gasteiger partial charge in [-0.15, -0.1) is 0 Å². The lowest BCUT2D eigenvalue weighted by Crippen LogP contribution is -2.46. The van der Waals surface area contributed by atoms with Crippen molar-refractivity contribution in [2.75, 3.05) is 30.4 Å². The zero-order valence-electron chi connectivity index (χ0n) is 13.1. The summed E-state index contributed by atoms with van der Waals surface area (Å²) in [6.07, 6.45) is 1.25. The van der Waals surface area contributed by atoms with E-state index in [-0.39, 0.29) is 11.8 Å². The molecule has 1 aromatic carbocycles. The minimum atomic E-state index is -0.572. The van der Waals surface area contributed by atoms with E-state index in [1.165, 1.54) is 6.92 Å². The van der Waals surface area contributed by atoms with Crippen molar-refractivity contribution in [3.05, 3.63) is 23.8 Å². The van der Waals surface area contributed by atoms with E-state index < -0.39 is 5.41 Å².